The maximum Gasteiger partial charge on any atom is 0.243 e. The van der Waals surface area contributed by atoms with Crippen molar-refractivity contribution < 1.29 is 14.3 Å². The van der Waals surface area contributed by atoms with E-state index in [1.807, 2.05) is 61.5 Å². The molecule has 0 saturated heterocycles. The Hall–Kier alpha value is -3.80. The van der Waals surface area contributed by atoms with Gasteiger partial charge < -0.3 is 20.7 Å². The van der Waals surface area contributed by atoms with Gasteiger partial charge in [0, 0.05) is 23.5 Å². The molecule has 0 saturated carbocycles. The van der Waals surface area contributed by atoms with Crippen molar-refractivity contribution in [2.45, 2.75) is 19.8 Å². The molecule has 3 rings (SSSR count). The molecule has 0 heterocycles. The smallest absolute Gasteiger partial charge is 0.243 e. The highest BCUT2D eigenvalue weighted by atomic mass is 16.5. The molecule has 2 amide bonds. The minimum absolute atomic E-state index is 0.0653. The molecule has 0 spiro atoms. The van der Waals surface area contributed by atoms with Crippen LogP contribution in [0.5, 0.6) is 5.75 Å². The fourth-order valence-corrected chi connectivity index (χ4v) is 3.02. The minimum Gasteiger partial charge on any atom is -0.494 e. The number of carbonyl (C=O) groups excluding carboxylic acids is 2. The molecular formula is C25H27N3O3. The molecule has 6 nitrogen and oxygen atoms in total. The molecule has 0 aliphatic rings. The second-order valence-corrected chi connectivity index (χ2v) is 6.97. The van der Waals surface area contributed by atoms with E-state index in [-0.39, 0.29) is 18.4 Å². The van der Waals surface area contributed by atoms with Crippen molar-refractivity contribution in [1.82, 2.24) is 0 Å². The second-order valence-electron chi connectivity index (χ2n) is 6.97. The summed E-state index contributed by atoms with van der Waals surface area (Å²) in [6, 6.07) is 24.5. The first-order valence-corrected chi connectivity index (χ1v) is 10.3. The number of carbonyl (C=O) groups is 2. The molecule has 0 atom stereocenters. The summed E-state index contributed by atoms with van der Waals surface area (Å²) in [5.74, 6) is 0.547. The lowest BCUT2D eigenvalue weighted by atomic mass is 10.1. The molecule has 160 valence electrons. The summed E-state index contributed by atoms with van der Waals surface area (Å²) < 4.78 is 5.40. The number of benzene rings is 3. The van der Waals surface area contributed by atoms with Gasteiger partial charge in [0.1, 0.15) is 5.75 Å². The van der Waals surface area contributed by atoms with Crippen LogP contribution in [0, 0.1) is 0 Å². The lowest BCUT2D eigenvalue weighted by molar-refractivity contribution is -0.116. The Kier molecular flexibility index (Phi) is 8.05. The van der Waals surface area contributed by atoms with E-state index in [1.54, 1.807) is 24.3 Å². The summed E-state index contributed by atoms with van der Waals surface area (Å²) in [4.78, 5) is 24.5. The van der Waals surface area contributed by atoms with Crippen LogP contribution in [0.15, 0.2) is 78.9 Å². The third kappa shape index (κ3) is 7.51. The molecule has 3 aromatic rings. The van der Waals surface area contributed by atoms with E-state index >= 15 is 0 Å². The summed E-state index contributed by atoms with van der Waals surface area (Å²) in [5, 5.41) is 8.80. The molecule has 0 aliphatic heterocycles. The van der Waals surface area contributed by atoms with Gasteiger partial charge in [-0.2, -0.15) is 0 Å². The molecule has 3 N–H and O–H groups in total. The fraction of sp³-hybridized carbons (Fsp3) is 0.200. The highest BCUT2D eigenvalue weighted by Crippen LogP contribution is 2.17. The molecule has 0 radical (unpaired) electrons. The first kappa shape index (κ1) is 21.9. The van der Waals surface area contributed by atoms with E-state index in [0.29, 0.717) is 30.8 Å². The van der Waals surface area contributed by atoms with Gasteiger partial charge in [-0.3, -0.25) is 9.59 Å². The Morgan fingerprint density at radius 1 is 0.774 bits per heavy atom. The Morgan fingerprint density at radius 2 is 1.45 bits per heavy atom. The van der Waals surface area contributed by atoms with Gasteiger partial charge in [0.05, 0.1) is 13.2 Å². The molecule has 31 heavy (non-hydrogen) atoms. The number of nitrogens with one attached hydrogen (secondary N) is 3. The Balaban J connectivity index is 1.45. The molecule has 0 aromatic heterocycles. The van der Waals surface area contributed by atoms with Crippen molar-refractivity contribution in [3.8, 4) is 5.75 Å². The zero-order valence-electron chi connectivity index (χ0n) is 17.6. The number of rotatable bonds is 10. The van der Waals surface area contributed by atoms with Crippen LogP contribution in [-0.4, -0.2) is 25.0 Å². The van der Waals surface area contributed by atoms with E-state index < -0.39 is 0 Å². The van der Waals surface area contributed by atoms with Crippen LogP contribution in [-0.2, 0) is 16.0 Å². The molecular weight excluding hydrogens is 390 g/mol. The van der Waals surface area contributed by atoms with E-state index in [0.717, 1.165) is 17.0 Å². The zero-order chi connectivity index (χ0) is 21.9. The molecule has 0 bridgehead atoms. The van der Waals surface area contributed by atoms with Gasteiger partial charge >= 0.3 is 0 Å². The summed E-state index contributed by atoms with van der Waals surface area (Å²) in [6.45, 7) is 2.67. The van der Waals surface area contributed by atoms with Gasteiger partial charge in [-0.05, 0) is 61.4 Å². The van der Waals surface area contributed by atoms with Crippen LogP contribution in [0.4, 0.5) is 17.1 Å². The predicted octanol–water partition coefficient (Wildman–Crippen LogP) is 4.71. The molecule has 0 unspecified atom stereocenters. The Labute approximate surface area is 182 Å². The van der Waals surface area contributed by atoms with Crippen LogP contribution < -0.4 is 20.7 Å². The first-order chi connectivity index (χ1) is 15.1. The van der Waals surface area contributed by atoms with E-state index in [9.17, 15) is 9.59 Å². The quantitative estimate of drug-likeness (QED) is 0.446. The van der Waals surface area contributed by atoms with Crippen molar-refractivity contribution in [2.75, 3.05) is 29.1 Å². The maximum absolute atomic E-state index is 12.3. The maximum atomic E-state index is 12.3. The molecule has 3 aromatic carbocycles. The number of amides is 2. The standard InChI is InChI=1S/C25H27N3O3/c1-2-31-23-14-12-20(13-15-23)26-18-25(30)28-22-10-6-9-21(17-22)27-24(29)16-11-19-7-4-3-5-8-19/h3-10,12-15,17,26H,2,11,16,18H2,1H3,(H,27,29)(H,28,30). The topological polar surface area (TPSA) is 79.5 Å². The van der Waals surface area contributed by atoms with Gasteiger partial charge in [-0.15, -0.1) is 0 Å². The third-order valence-electron chi connectivity index (χ3n) is 4.53. The highest BCUT2D eigenvalue weighted by Gasteiger charge is 2.06. The van der Waals surface area contributed by atoms with Gasteiger partial charge in [0.15, 0.2) is 0 Å². The SMILES string of the molecule is CCOc1ccc(NCC(=O)Nc2cccc(NC(=O)CCc3ccccc3)c2)cc1. The van der Waals surface area contributed by atoms with Gasteiger partial charge in [-0.25, -0.2) is 0 Å². The summed E-state index contributed by atoms with van der Waals surface area (Å²) in [5.41, 5.74) is 3.23. The summed E-state index contributed by atoms with van der Waals surface area (Å²) in [6.07, 6.45) is 1.08. The predicted molar refractivity (Wildman–Crippen MR) is 125 cm³/mol. The number of ether oxygens (including phenoxy) is 1. The molecule has 0 fully saturated rings. The molecule has 6 heteroatoms. The number of hydrogen-bond donors (Lipinski definition) is 3. The average molecular weight is 418 g/mol. The van der Waals surface area contributed by atoms with Crippen molar-refractivity contribution in [3.05, 3.63) is 84.4 Å². The van der Waals surface area contributed by atoms with Crippen molar-refractivity contribution in [1.29, 1.82) is 0 Å². The average Bonchev–Trinajstić information content (AvgIpc) is 2.78. The fourth-order valence-electron chi connectivity index (χ4n) is 3.02. The number of aryl methyl sites for hydroxylation is 1. The van der Waals surface area contributed by atoms with Crippen LogP contribution in [0.1, 0.15) is 18.9 Å². The molecule has 0 aliphatic carbocycles. The normalized spacial score (nSPS) is 10.2. The second kappa shape index (κ2) is 11.4. The number of anilines is 3. The van der Waals surface area contributed by atoms with Crippen LogP contribution >= 0.6 is 0 Å². The van der Waals surface area contributed by atoms with Crippen LogP contribution in [0.2, 0.25) is 0 Å². The highest BCUT2D eigenvalue weighted by molar-refractivity contribution is 5.95. The van der Waals surface area contributed by atoms with Gasteiger partial charge in [-0.1, -0.05) is 36.4 Å². The van der Waals surface area contributed by atoms with Crippen LogP contribution in [0.25, 0.3) is 0 Å². The van der Waals surface area contributed by atoms with Crippen molar-refractivity contribution in [2.24, 2.45) is 0 Å². The number of hydrogen-bond acceptors (Lipinski definition) is 4. The Morgan fingerprint density at radius 3 is 2.13 bits per heavy atom. The third-order valence-corrected chi connectivity index (χ3v) is 4.53. The summed E-state index contributed by atoms with van der Waals surface area (Å²) in [7, 11) is 0. The van der Waals surface area contributed by atoms with Gasteiger partial charge in [0.2, 0.25) is 11.8 Å². The van der Waals surface area contributed by atoms with E-state index in [1.165, 1.54) is 0 Å². The summed E-state index contributed by atoms with van der Waals surface area (Å²) >= 11 is 0. The minimum atomic E-state index is -0.179. The van der Waals surface area contributed by atoms with Crippen molar-refractivity contribution in [3.63, 3.8) is 0 Å². The largest absolute Gasteiger partial charge is 0.494 e. The first-order valence-electron chi connectivity index (χ1n) is 10.3. The van der Waals surface area contributed by atoms with Gasteiger partial charge in [0.25, 0.3) is 0 Å². The van der Waals surface area contributed by atoms with Crippen molar-refractivity contribution >= 4 is 28.9 Å². The van der Waals surface area contributed by atoms with Crippen LogP contribution in [0.3, 0.4) is 0 Å². The van der Waals surface area contributed by atoms with E-state index in [4.69, 9.17) is 4.74 Å². The van der Waals surface area contributed by atoms with E-state index in [2.05, 4.69) is 16.0 Å². The zero-order valence-corrected chi connectivity index (χ0v) is 17.6. The lowest BCUT2D eigenvalue weighted by Gasteiger charge is -2.10. The lowest BCUT2D eigenvalue weighted by Crippen LogP contribution is -2.21. The monoisotopic (exact) mass is 417 g/mol. The Bertz CT molecular complexity index is 988.